The van der Waals surface area contributed by atoms with Crippen LogP contribution in [0.15, 0.2) is 24.3 Å². The third-order valence-corrected chi connectivity index (χ3v) is 4.85. The molecule has 0 aliphatic rings. The van der Waals surface area contributed by atoms with E-state index in [9.17, 15) is 9.59 Å². The average Bonchev–Trinajstić information content (AvgIpc) is 2.89. The summed E-state index contributed by atoms with van der Waals surface area (Å²) in [6.07, 6.45) is 0. The Balaban J connectivity index is 1.98. The zero-order chi connectivity index (χ0) is 19.4. The number of ketones is 2. The van der Waals surface area contributed by atoms with Gasteiger partial charge in [0.05, 0.1) is 11.7 Å². The molecule has 6 heteroatoms. The zero-order valence-electron chi connectivity index (χ0n) is 15.9. The molecule has 0 aliphatic heterocycles. The van der Waals surface area contributed by atoms with Crippen molar-refractivity contribution in [1.82, 2.24) is 9.88 Å². The summed E-state index contributed by atoms with van der Waals surface area (Å²) in [7, 11) is 1.88. The molecule has 0 bridgehead atoms. The fourth-order valence-electron chi connectivity index (χ4n) is 2.97. The number of carbonyl (C=O) groups is 2. The summed E-state index contributed by atoms with van der Waals surface area (Å²) in [5, 5.41) is 0.662. The van der Waals surface area contributed by atoms with Crippen LogP contribution in [0.1, 0.15) is 46.0 Å². The van der Waals surface area contributed by atoms with Crippen LogP contribution in [-0.4, -0.2) is 47.7 Å². The molecule has 5 nitrogen and oxygen atoms in total. The van der Waals surface area contributed by atoms with E-state index >= 15 is 0 Å². The highest BCUT2D eigenvalue weighted by Crippen LogP contribution is 2.21. The topological polar surface area (TPSA) is 62.4 Å². The standard InChI is InChI=1S/C20H25ClN2O3/c1-12-18(15(4)24)13(2)22-19(12)20(25)14(3)23(5)10-11-26-17-8-6-16(21)7-9-17/h6-9,14,22H,10-11H2,1-5H3/t14-/m0/s1. The Morgan fingerprint density at radius 3 is 2.38 bits per heavy atom. The molecule has 0 spiro atoms. The second kappa shape index (κ2) is 8.52. The highest BCUT2D eigenvalue weighted by molar-refractivity contribution is 6.30. The molecule has 140 valence electrons. The number of benzene rings is 1. The van der Waals surface area contributed by atoms with E-state index in [1.165, 1.54) is 6.92 Å². The summed E-state index contributed by atoms with van der Waals surface area (Å²) in [6, 6.07) is 6.84. The number of carbonyl (C=O) groups excluding carboxylic acids is 2. The highest BCUT2D eigenvalue weighted by Gasteiger charge is 2.25. The Morgan fingerprint density at radius 2 is 1.85 bits per heavy atom. The molecule has 0 amide bonds. The summed E-state index contributed by atoms with van der Waals surface area (Å²) in [6.45, 7) is 8.04. The van der Waals surface area contributed by atoms with Crippen molar-refractivity contribution in [3.8, 4) is 5.75 Å². The smallest absolute Gasteiger partial charge is 0.196 e. The number of hydrogen-bond acceptors (Lipinski definition) is 4. The zero-order valence-corrected chi connectivity index (χ0v) is 16.6. The predicted molar refractivity (Wildman–Crippen MR) is 104 cm³/mol. The maximum atomic E-state index is 12.8. The monoisotopic (exact) mass is 376 g/mol. The van der Waals surface area contributed by atoms with Crippen molar-refractivity contribution >= 4 is 23.2 Å². The number of halogens is 1. The number of aromatic amines is 1. The van der Waals surface area contributed by atoms with E-state index in [-0.39, 0.29) is 17.6 Å². The number of rotatable bonds is 8. The van der Waals surface area contributed by atoms with Crippen LogP contribution in [0.5, 0.6) is 5.75 Å². The Hall–Kier alpha value is -2.11. The quantitative estimate of drug-likeness (QED) is 0.705. The Kier molecular flexibility index (Phi) is 6.62. The van der Waals surface area contributed by atoms with Crippen molar-refractivity contribution in [2.24, 2.45) is 0 Å². The predicted octanol–water partition coefficient (Wildman–Crippen LogP) is 4.07. The second-order valence-electron chi connectivity index (χ2n) is 6.50. The molecular weight excluding hydrogens is 352 g/mol. The maximum Gasteiger partial charge on any atom is 0.196 e. The van der Waals surface area contributed by atoms with Crippen LogP contribution >= 0.6 is 11.6 Å². The molecule has 1 aromatic carbocycles. The summed E-state index contributed by atoms with van der Waals surface area (Å²) >= 11 is 5.85. The molecule has 1 N–H and O–H groups in total. The van der Waals surface area contributed by atoms with Crippen LogP contribution in [0, 0.1) is 13.8 Å². The lowest BCUT2D eigenvalue weighted by atomic mass is 10.0. The first-order valence-electron chi connectivity index (χ1n) is 8.55. The van der Waals surface area contributed by atoms with E-state index in [0.29, 0.717) is 29.4 Å². The Labute approximate surface area is 159 Å². The first kappa shape index (κ1) is 20.2. The number of nitrogens with one attached hydrogen (secondary N) is 1. The molecule has 0 radical (unpaired) electrons. The third-order valence-electron chi connectivity index (χ3n) is 4.60. The lowest BCUT2D eigenvalue weighted by Gasteiger charge is -2.23. The molecule has 0 saturated heterocycles. The van der Waals surface area contributed by atoms with Gasteiger partial charge in [-0.15, -0.1) is 0 Å². The van der Waals surface area contributed by atoms with Gasteiger partial charge in [0.1, 0.15) is 12.4 Å². The van der Waals surface area contributed by atoms with Gasteiger partial charge in [0, 0.05) is 22.8 Å². The minimum Gasteiger partial charge on any atom is -0.492 e. The normalized spacial score (nSPS) is 12.3. The SMILES string of the molecule is CC(=O)c1c(C)[nH]c(C(=O)[C@H](C)N(C)CCOc2ccc(Cl)cc2)c1C. The van der Waals surface area contributed by atoms with Gasteiger partial charge in [0.2, 0.25) is 0 Å². The van der Waals surface area contributed by atoms with Gasteiger partial charge in [-0.1, -0.05) is 11.6 Å². The van der Waals surface area contributed by atoms with Crippen molar-refractivity contribution in [2.45, 2.75) is 33.7 Å². The van der Waals surface area contributed by atoms with E-state index in [2.05, 4.69) is 4.98 Å². The van der Waals surface area contributed by atoms with Crippen LogP contribution in [-0.2, 0) is 0 Å². The minimum atomic E-state index is -0.333. The molecule has 0 fully saturated rings. The molecule has 26 heavy (non-hydrogen) atoms. The number of aromatic nitrogens is 1. The summed E-state index contributed by atoms with van der Waals surface area (Å²) in [4.78, 5) is 29.6. The van der Waals surface area contributed by atoms with Crippen molar-refractivity contribution in [2.75, 3.05) is 20.2 Å². The van der Waals surface area contributed by atoms with E-state index < -0.39 is 0 Å². The van der Waals surface area contributed by atoms with E-state index in [1.807, 2.05) is 44.9 Å². The van der Waals surface area contributed by atoms with Gasteiger partial charge in [-0.2, -0.15) is 0 Å². The number of hydrogen-bond donors (Lipinski definition) is 1. The van der Waals surface area contributed by atoms with Crippen molar-refractivity contribution < 1.29 is 14.3 Å². The number of likely N-dealkylation sites (N-methyl/N-ethyl adjacent to an activating group) is 1. The fourth-order valence-corrected chi connectivity index (χ4v) is 3.09. The average molecular weight is 377 g/mol. The Bertz CT molecular complexity index is 796. The fraction of sp³-hybridized carbons (Fsp3) is 0.400. The molecule has 2 aromatic rings. The molecule has 0 aliphatic carbocycles. The van der Waals surface area contributed by atoms with Gasteiger partial charge < -0.3 is 9.72 Å². The molecule has 0 saturated carbocycles. The first-order chi connectivity index (χ1) is 12.2. The van der Waals surface area contributed by atoms with E-state index in [1.54, 1.807) is 12.1 Å². The number of aryl methyl sites for hydroxylation is 1. The lowest BCUT2D eigenvalue weighted by molar-refractivity contribution is 0.0848. The van der Waals surface area contributed by atoms with Gasteiger partial charge in [-0.05, 0) is 64.6 Å². The molecular formula is C20H25ClN2O3. The van der Waals surface area contributed by atoms with Crippen LogP contribution in [0.25, 0.3) is 0 Å². The summed E-state index contributed by atoms with van der Waals surface area (Å²) in [5.41, 5.74) is 2.57. The Morgan fingerprint density at radius 1 is 1.23 bits per heavy atom. The van der Waals surface area contributed by atoms with Gasteiger partial charge >= 0.3 is 0 Å². The maximum absolute atomic E-state index is 12.8. The molecule has 0 unspecified atom stereocenters. The first-order valence-corrected chi connectivity index (χ1v) is 8.93. The van der Waals surface area contributed by atoms with Crippen molar-refractivity contribution in [3.63, 3.8) is 0 Å². The van der Waals surface area contributed by atoms with Crippen LogP contribution in [0.3, 0.4) is 0 Å². The highest BCUT2D eigenvalue weighted by atomic mass is 35.5. The largest absolute Gasteiger partial charge is 0.492 e. The number of ether oxygens (including phenoxy) is 1. The number of nitrogens with zero attached hydrogens (tertiary/aromatic N) is 1. The van der Waals surface area contributed by atoms with Gasteiger partial charge in [-0.25, -0.2) is 0 Å². The van der Waals surface area contributed by atoms with Crippen molar-refractivity contribution in [3.05, 3.63) is 51.8 Å². The number of Topliss-reactive ketones (excluding diaryl/α,β-unsaturated/α-hetero) is 2. The molecule has 1 aromatic heterocycles. The van der Waals surface area contributed by atoms with Crippen LogP contribution < -0.4 is 4.74 Å². The van der Waals surface area contributed by atoms with Gasteiger partial charge in [0.15, 0.2) is 11.6 Å². The molecule has 1 heterocycles. The van der Waals surface area contributed by atoms with Gasteiger partial charge in [-0.3, -0.25) is 14.5 Å². The summed E-state index contributed by atoms with van der Waals surface area (Å²) in [5.74, 6) is 0.670. The summed E-state index contributed by atoms with van der Waals surface area (Å²) < 4.78 is 5.68. The van der Waals surface area contributed by atoms with E-state index in [4.69, 9.17) is 16.3 Å². The van der Waals surface area contributed by atoms with Crippen molar-refractivity contribution in [1.29, 1.82) is 0 Å². The van der Waals surface area contributed by atoms with Crippen LogP contribution in [0.4, 0.5) is 0 Å². The lowest BCUT2D eigenvalue weighted by Crippen LogP contribution is -2.38. The molecule has 1 atom stereocenters. The minimum absolute atomic E-state index is 0.0346. The van der Waals surface area contributed by atoms with Crippen LogP contribution in [0.2, 0.25) is 5.02 Å². The molecule has 2 rings (SSSR count). The third kappa shape index (κ3) is 4.54. The number of H-pyrrole nitrogens is 1. The van der Waals surface area contributed by atoms with Gasteiger partial charge in [0.25, 0.3) is 0 Å². The van der Waals surface area contributed by atoms with E-state index in [0.717, 1.165) is 17.0 Å². The second-order valence-corrected chi connectivity index (χ2v) is 6.94.